The Kier molecular flexibility index (Phi) is 3.35. The van der Waals surface area contributed by atoms with Gasteiger partial charge in [0.15, 0.2) is 0 Å². The number of rotatable bonds is 3. The quantitative estimate of drug-likeness (QED) is 0.847. The molecular weight excluding hydrogens is 221 g/mol. The Morgan fingerprint density at radius 2 is 1.88 bits per heavy atom. The summed E-state index contributed by atoms with van der Waals surface area (Å²) < 4.78 is 13.5. The molecular formula is C13H12FNO2. The van der Waals surface area contributed by atoms with Crippen LogP contribution in [0.2, 0.25) is 0 Å². The second-order valence-electron chi connectivity index (χ2n) is 3.62. The fourth-order valence-corrected chi connectivity index (χ4v) is 1.72. The molecule has 0 aromatic heterocycles. The summed E-state index contributed by atoms with van der Waals surface area (Å²) in [5.74, 6) is -0.658. The van der Waals surface area contributed by atoms with Gasteiger partial charge >= 0.3 is 0 Å². The van der Waals surface area contributed by atoms with Gasteiger partial charge in [0.05, 0.1) is 6.61 Å². The van der Waals surface area contributed by atoms with Gasteiger partial charge in [-0.25, -0.2) is 4.39 Å². The summed E-state index contributed by atoms with van der Waals surface area (Å²) in [5.41, 5.74) is 0.412. The van der Waals surface area contributed by atoms with Gasteiger partial charge in [-0.1, -0.05) is 24.3 Å². The summed E-state index contributed by atoms with van der Waals surface area (Å²) >= 11 is 0. The van der Waals surface area contributed by atoms with Crippen molar-refractivity contribution in [1.82, 2.24) is 5.32 Å². The predicted molar refractivity (Wildman–Crippen MR) is 63.3 cm³/mol. The topological polar surface area (TPSA) is 49.3 Å². The van der Waals surface area contributed by atoms with Crippen LogP contribution in [0.3, 0.4) is 0 Å². The van der Waals surface area contributed by atoms with Crippen LogP contribution in [0.1, 0.15) is 10.4 Å². The third kappa shape index (κ3) is 2.26. The van der Waals surface area contributed by atoms with Gasteiger partial charge < -0.3 is 10.4 Å². The normalized spacial score (nSPS) is 10.5. The summed E-state index contributed by atoms with van der Waals surface area (Å²) in [6, 6.07) is 9.53. The second-order valence-corrected chi connectivity index (χ2v) is 3.62. The molecule has 0 aliphatic rings. The molecule has 2 aromatic carbocycles. The lowest BCUT2D eigenvalue weighted by molar-refractivity contribution is 0.0946. The Hall–Kier alpha value is -1.94. The first kappa shape index (κ1) is 11.5. The van der Waals surface area contributed by atoms with E-state index in [1.807, 2.05) is 0 Å². The van der Waals surface area contributed by atoms with Crippen LogP contribution in [0, 0.1) is 5.82 Å². The lowest BCUT2D eigenvalue weighted by Gasteiger charge is -2.07. The number of nitrogens with one attached hydrogen (secondary N) is 1. The highest BCUT2D eigenvalue weighted by atomic mass is 19.1. The van der Waals surface area contributed by atoms with Crippen LogP contribution >= 0.6 is 0 Å². The second kappa shape index (κ2) is 4.93. The van der Waals surface area contributed by atoms with Crippen molar-refractivity contribution in [3.63, 3.8) is 0 Å². The Bertz CT molecular complexity index is 554. The number of carbonyl (C=O) groups is 1. The van der Waals surface area contributed by atoms with Crippen molar-refractivity contribution in [2.45, 2.75) is 0 Å². The molecule has 0 bridgehead atoms. The fourth-order valence-electron chi connectivity index (χ4n) is 1.72. The molecule has 0 saturated heterocycles. The smallest absolute Gasteiger partial charge is 0.251 e. The van der Waals surface area contributed by atoms with Crippen molar-refractivity contribution >= 4 is 16.7 Å². The van der Waals surface area contributed by atoms with Crippen LogP contribution in [0.15, 0.2) is 36.4 Å². The van der Waals surface area contributed by atoms with Crippen molar-refractivity contribution in [2.75, 3.05) is 13.2 Å². The largest absolute Gasteiger partial charge is 0.395 e. The van der Waals surface area contributed by atoms with E-state index in [1.54, 1.807) is 24.3 Å². The molecule has 0 fully saturated rings. The molecule has 0 spiro atoms. The zero-order valence-electron chi connectivity index (χ0n) is 9.11. The molecule has 2 N–H and O–H groups in total. The monoisotopic (exact) mass is 233 g/mol. The highest BCUT2D eigenvalue weighted by molar-refractivity contribution is 6.07. The summed E-state index contributed by atoms with van der Waals surface area (Å²) in [5, 5.41) is 12.2. The van der Waals surface area contributed by atoms with E-state index in [2.05, 4.69) is 5.32 Å². The van der Waals surface area contributed by atoms with Gasteiger partial charge in [-0.05, 0) is 17.5 Å². The summed E-state index contributed by atoms with van der Waals surface area (Å²) in [6.07, 6.45) is 0. The first-order valence-electron chi connectivity index (χ1n) is 5.30. The molecule has 1 amide bonds. The van der Waals surface area contributed by atoms with Gasteiger partial charge in [-0.2, -0.15) is 0 Å². The van der Waals surface area contributed by atoms with E-state index in [9.17, 15) is 9.18 Å². The SMILES string of the molecule is O=C(NCCO)c1ccc(F)c2ccccc12. The molecule has 4 heteroatoms. The number of hydrogen-bond acceptors (Lipinski definition) is 2. The van der Waals surface area contributed by atoms with Gasteiger partial charge in [-0.3, -0.25) is 4.79 Å². The highest BCUT2D eigenvalue weighted by Gasteiger charge is 2.11. The predicted octanol–water partition coefficient (Wildman–Crippen LogP) is 1.70. The Labute approximate surface area is 97.9 Å². The zero-order valence-corrected chi connectivity index (χ0v) is 9.11. The van der Waals surface area contributed by atoms with Crippen molar-refractivity contribution in [1.29, 1.82) is 0 Å². The number of aliphatic hydroxyl groups excluding tert-OH is 1. The standard InChI is InChI=1S/C13H12FNO2/c14-12-6-5-11(13(17)15-7-8-16)9-3-1-2-4-10(9)12/h1-6,16H,7-8H2,(H,15,17). The van der Waals surface area contributed by atoms with Gasteiger partial charge in [0.25, 0.3) is 5.91 Å². The van der Waals surface area contributed by atoms with Crippen LogP contribution in [-0.2, 0) is 0 Å². The van der Waals surface area contributed by atoms with Crippen molar-refractivity contribution in [3.05, 3.63) is 47.8 Å². The van der Waals surface area contributed by atoms with E-state index in [-0.39, 0.29) is 24.9 Å². The lowest BCUT2D eigenvalue weighted by Crippen LogP contribution is -2.26. The maximum atomic E-state index is 13.5. The van der Waals surface area contributed by atoms with Crippen LogP contribution in [-0.4, -0.2) is 24.2 Å². The van der Waals surface area contributed by atoms with Gasteiger partial charge in [0.1, 0.15) is 5.82 Å². The molecule has 0 atom stereocenters. The van der Waals surface area contributed by atoms with Crippen LogP contribution in [0.4, 0.5) is 4.39 Å². The Morgan fingerprint density at radius 1 is 1.18 bits per heavy atom. The average Bonchev–Trinajstić information content (AvgIpc) is 2.37. The molecule has 0 unspecified atom stereocenters. The Balaban J connectivity index is 2.48. The highest BCUT2D eigenvalue weighted by Crippen LogP contribution is 2.21. The van der Waals surface area contributed by atoms with Crippen molar-refractivity contribution in [3.8, 4) is 0 Å². The van der Waals surface area contributed by atoms with Gasteiger partial charge in [0.2, 0.25) is 0 Å². The molecule has 0 radical (unpaired) electrons. The number of halogens is 1. The van der Waals surface area contributed by atoms with E-state index < -0.39 is 0 Å². The molecule has 2 aromatic rings. The first-order valence-corrected chi connectivity index (χ1v) is 5.30. The number of aliphatic hydroxyl groups is 1. The third-order valence-electron chi connectivity index (χ3n) is 2.51. The van der Waals surface area contributed by atoms with Gasteiger partial charge in [-0.15, -0.1) is 0 Å². The van der Waals surface area contributed by atoms with Crippen LogP contribution in [0.25, 0.3) is 10.8 Å². The van der Waals surface area contributed by atoms with E-state index in [0.717, 1.165) is 0 Å². The third-order valence-corrected chi connectivity index (χ3v) is 2.51. The maximum Gasteiger partial charge on any atom is 0.251 e. The molecule has 0 aliphatic heterocycles. The van der Waals surface area contributed by atoms with E-state index in [1.165, 1.54) is 12.1 Å². The molecule has 0 saturated carbocycles. The van der Waals surface area contributed by atoms with Crippen molar-refractivity contribution < 1.29 is 14.3 Å². The van der Waals surface area contributed by atoms with Crippen LogP contribution in [0.5, 0.6) is 0 Å². The number of benzene rings is 2. The van der Waals surface area contributed by atoms with Crippen LogP contribution < -0.4 is 5.32 Å². The molecule has 88 valence electrons. The summed E-state index contributed by atoms with van der Waals surface area (Å²) in [6.45, 7) is 0.0649. The molecule has 3 nitrogen and oxygen atoms in total. The fraction of sp³-hybridized carbons (Fsp3) is 0.154. The average molecular weight is 233 g/mol. The van der Waals surface area contributed by atoms with Gasteiger partial charge in [0, 0.05) is 17.5 Å². The van der Waals surface area contributed by atoms with E-state index in [0.29, 0.717) is 16.3 Å². The first-order chi connectivity index (χ1) is 8.24. The number of amides is 1. The summed E-state index contributed by atoms with van der Waals surface area (Å²) in [4.78, 5) is 11.8. The summed E-state index contributed by atoms with van der Waals surface area (Å²) in [7, 11) is 0. The molecule has 2 rings (SSSR count). The minimum Gasteiger partial charge on any atom is -0.395 e. The molecule has 0 heterocycles. The van der Waals surface area contributed by atoms with Crippen molar-refractivity contribution in [2.24, 2.45) is 0 Å². The number of carbonyl (C=O) groups excluding carboxylic acids is 1. The minimum absolute atomic E-state index is 0.120. The van der Waals surface area contributed by atoms with E-state index in [4.69, 9.17) is 5.11 Å². The van der Waals surface area contributed by atoms with E-state index >= 15 is 0 Å². The molecule has 17 heavy (non-hydrogen) atoms. The minimum atomic E-state index is -0.348. The zero-order chi connectivity index (χ0) is 12.3. The maximum absolute atomic E-state index is 13.5. The number of fused-ring (bicyclic) bond motifs is 1. The molecule has 0 aliphatic carbocycles. The lowest BCUT2D eigenvalue weighted by atomic mass is 10.0. The Morgan fingerprint density at radius 3 is 2.59 bits per heavy atom. The number of hydrogen-bond donors (Lipinski definition) is 2.